The molecule has 2 aromatic rings. The van der Waals surface area contributed by atoms with Crippen LogP contribution in [0.25, 0.3) is 0 Å². The maximum absolute atomic E-state index is 12.4. The Hall–Kier alpha value is -1.68. The van der Waals surface area contributed by atoms with Crippen LogP contribution in [0.1, 0.15) is 5.56 Å². The van der Waals surface area contributed by atoms with Crippen LogP contribution in [0.5, 0.6) is 0 Å². The largest absolute Gasteiger partial charge is 0.416 e. The first kappa shape index (κ1) is 12.8. The van der Waals surface area contributed by atoms with E-state index in [1.54, 1.807) is 24.3 Å². The Bertz CT molecular complexity index is 535. The van der Waals surface area contributed by atoms with Gasteiger partial charge in [-0.3, -0.25) is 0 Å². The van der Waals surface area contributed by atoms with E-state index in [1.165, 1.54) is 12.1 Å². The summed E-state index contributed by atoms with van der Waals surface area (Å²) in [5, 5.41) is 3.46. The molecule has 94 valence electrons. The number of anilines is 2. The molecule has 0 aliphatic carbocycles. The van der Waals surface area contributed by atoms with Gasteiger partial charge < -0.3 is 5.32 Å². The highest BCUT2D eigenvalue weighted by Gasteiger charge is 2.29. The molecule has 0 saturated carbocycles. The van der Waals surface area contributed by atoms with E-state index >= 15 is 0 Å². The van der Waals surface area contributed by atoms with Gasteiger partial charge >= 0.3 is 6.18 Å². The van der Waals surface area contributed by atoms with Gasteiger partial charge in [-0.05, 0) is 36.4 Å². The first-order valence-electron chi connectivity index (χ1n) is 5.15. The van der Waals surface area contributed by atoms with E-state index in [0.29, 0.717) is 16.4 Å². The lowest BCUT2D eigenvalue weighted by atomic mass is 10.2. The maximum Gasteiger partial charge on any atom is 0.416 e. The molecule has 5 heteroatoms. The maximum atomic E-state index is 12.4. The highest BCUT2D eigenvalue weighted by Crippen LogP contribution is 2.31. The standard InChI is InChI=1S/C13H9ClF3N/c14-11-3-1-2-4-12(11)18-10-7-5-9(6-8-10)13(15,16)17/h1-8,18H. The molecule has 0 unspecified atom stereocenters. The van der Waals surface area contributed by atoms with Gasteiger partial charge in [0, 0.05) is 5.69 Å². The van der Waals surface area contributed by atoms with Crippen LogP contribution in [0.4, 0.5) is 24.5 Å². The van der Waals surface area contributed by atoms with Crippen LogP contribution in [0.3, 0.4) is 0 Å². The predicted octanol–water partition coefficient (Wildman–Crippen LogP) is 5.10. The average Bonchev–Trinajstić information content (AvgIpc) is 2.32. The molecular weight excluding hydrogens is 263 g/mol. The summed E-state index contributed by atoms with van der Waals surface area (Å²) in [7, 11) is 0. The molecule has 2 aromatic carbocycles. The second kappa shape index (κ2) is 4.90. The summed E-state index contributed by atoms with van der Waals surface area (Å²) < 4.78 is 37.1. The van der Waals surface area contributed by atoms with Crippen molar-refractivity contribution < 1.29 is 13.2 Å². The molecule has 0 aliphatic heterocycles. The van der Waals surface area contributed by atoms with Crippen LogP contribution in [0.2, 0.25) is 5.02 Å². The molecule has 0 heterocycles. The van der Waals surface area contributed by atoms with Gasteiger partial charge in [-0.15, -0.1) is 0 Å². The minimum Gasteiger partial charge on any atom is -0.354 e. The number of hydrogen-bond donors (Lipinski definition) is 1. The van der Waals surface area contributed by atoms with Crippen molar-refractivity contribution in [2.24, 2.45) is 0 Å². The third-order valence-electron chi connectivity index (χ3n) is 2.37. The van der Waals surface area contributed by atoms with Gasteiger partial charge in [-0.25, -0.2) is 0 Å². The van der Waals surface area contributed by atoms with E-state index in [-0.39, 0.29) is 0 Å². The monoisotopic (exact) mass is 271 g/mol. The molecule has 1 N–H and O–H groups in total. The normalized spacial score (nSPS) is 11.3. The van der Waals surface area contributed by atoms with E-state index in [1.807, 2.05) is 0 Å². The molecule has 0 aromatic heterocycles. The summed E-state index contributed by atoms with van der Waals surface area (Å²) in [6, 6.07) is 11.8. The van der Waals surface area contributed by atoms with Crippen LogP contribution >= 0.6 is 11.6 Å². The van der Waals surface area contributed by atoms with Gasteiger partial charge in [0.25, 0.3) is 0 Å². The van der Waals surface area contributed by atoms with Crippen molar-refractivity contribution in [1.82, 2.24) is 0 Å². The molecule has 0 saturated heterocycles. The molecule has 18 heavy (non-hydrogen) atoms. The van der Waals surface area contributed by atoms with Gasteiger partial charge in [0.1, 0.15) is 0 Å². The van der Waals surface area contributed by atoms with Crippen molar-refractivity contribution in [3.05, 3.63) is 59.1 Å². The summed E-state index contributed by atoms with van der Waals surface area (Å²) in [6.45, 7) is 0. The zero-order valence-electron chi connectivity index (χ0n) is 9.13. The summed E-state index contributed by atoms with van der Waals surface area (Å²) in [6.07, 6.45) is -4.32. The third-order valence-corrected chi connectivity index (χ3v) is 2.69. The van der Waals surface area contributed by atoms with Gasteiger partial charge in [-0.1, -0.05) is 23.7 Å². The second-order valence-electron chi connectivity index (χ2n) is 3.68. The quantitative estimate of drug-likeness (QED) is 0.801. The lowest BCUT2D eigenvalue weighted by molar-refractivity contribution is -0.137. The fraction of sp³-hybridized carbons (Fsp3) is 0.0769. The molecular formula is C13H9ClF3N. The topological polar surface area (TPSA) is 12.0 Å². The summed E-state index contributed by atoms with van der Waals surface area (Å²) in [4.78, 5) is 0. The van der Waals surface area contributed by atoms with Crippen molar-refractivity contribution in [3.63, 3.8) is 0 Å². The van der Waals surface area contributed by atoms with Crippen LogP contribution in [0, 0.1) is 0 Å². The van der Waals surface area contributed by atoms with E-state index < -0.39 is 11.7 Å². The summed E-state index contributed by atoms with van der Waals surface area (Å²) >= 11 is 5.94. The number of alkyl halides is 3. The SMILES string of the molecule is FC(F)(F)c1ccc(Nc2ccccc2Cl)cc1. The number of para-hydroxylation sites is 1. The molecule has 0 radical (unpaired) electrons. The molecule has 2 rings (SSSR count). The Balaban J connectivity index is 2.19. The first-order chi connectivity index (χ1) is 8.47. The van der Waals surface area contributed by atoms with Crippen molar-refractivity contribution in [1.29, 1.82) is 0 Å². The smallest absolute Gasteiger partial charge is 0.354 e. The van der Waals surface area contributed by atoms with Crippen molar-refractivity contribution >= 4 is 23.0 Å². The first-order valence-corrected chi connectivity index (χ1v) is 5.53. The molecule has 0 atom stereocenters. The van der Waals surface area contributed by atoms with Crippen molar-refractivity contribution in [2.75, 3.05) is 5.32 Å². The fourth-order valence-corrected chi connectivity index (χ4v) is 1.64. The number of halogens is 4. The minimum atomic E-state index is -4.32. The number of nitrogens with one attached hydrogen (secondary N) is 1. The van der Waals surface area contributed by atoms with Gasteiger partial charge in [-0.2, -0.15) is 13.2 Å². The Morgan fingerprint density at radius 1 is 0.889 bits per heavy atom. The zero-order valence-corrected chi connectivity index (χ0v) is 9.89. The van der Waals surface area contributed by atoms with Gasteiger partial charge in [0.05, 0.1) is 16.3 Å². The Morgan fingerprint density at radius 3 is 2.06 bits per heavy atom. The second-order valence-corrected chi connectivity index (χ2v) is 4.09. The zero-order chi connectivity index (χ0) is 13.2. The number of benzene rings is 2. The van der Waals surface area contributed by atoms with Gasteiger partial charge in [0.15, 0.2) is 0 Å². The molecule has 1 nitrogen and oxygen atoms in total. The molecule has 0 aliphatic rings. The Kier molecular flexibility index (Phi) is 3.48. The lowest BCUT2D eigenvalue weighted by Crippen LogP contribution is -2.04. The molecule has 0 fully saturated rings. The molecule has 0 spiro atoms. The Morgan fingerprint density at radius 2 is 1.50 bits per heavy atom. The highest BCUT2D eigenvalue weighted by molar-refractivity contribution is 6.33. The van der Waals surface area contributed by atoms with E-state index in [2.05, 4.69) is 5.32 Å². The van der Waals surface area contributed by atoms with E-state index in [0.717, 1.165) is 12.1 Å². The highest BCUT2D eigenvalue weighted by atomic mass is 35.5. The van der Waals surface area contributed by atoms with Crippen molar-refractivity contribution in [2.45, 2.75) is 6.18 Å². The Labute approximate surface area is 107 Å². The summed E-state index contributed by atoms with van der Waals surface area (Å²) in [5.74, 6) is 0. The lowest BCUT2D eigenvalue weighted by Gasteiger charge is -2.10. The van der Waals surface area contributed by atoms with Crippen LogP contribution in [0.15, 0.2) is 48.5 Å². The average molecular weight is 272 g/mol. The van der Waals surface area contributed by atoms with E-state index in [4.69, 9.17) is 11.6 Å². The van der Waals surface area contributed by atoms with Crippen LogP contribution in [-0.2, 0) is 6.18 Å². The van der Waals surface area contributed by atoms with Crippen molar-refractivity contribution in [3.8, 4) is 0 Å². The van der Waals surface area contributed by atoms with E-state index in [9.17, 15) is 13.2 Å². The number of rotatable bonds is 2. The molecule has 0 bridgehead atoms. The molecule has 0 amide bonds. The number of hydrogen-bond acceptors (Lipinski definition) is 1. The summed E-state index contributed by atoms with van der Waals surface area (Å²) in [5.41, 5.74) is 0.530. The van der Waals surface area contributed by atoms with Crippen LogP contribution in [-0.4, -0.2) is 0 Å². The predicted molar refractivity (Wildman–Crippen MR) is 66.2 cm³/mol. The minimum absolute atomic E-state index is 0.511. The fourth-order valence-electron chi connectivity index (χ4n) is 1.46. The van der Waals surface area contributed by atoms with Gasteiger partial charge in [0.2, 0.25) is 0 Å². The third kappa shape index (κ3) is 2.96. The van der Waals surface area contributed by atoms with Crippen LogP contribution < -0.4 is 5.32 Å².